The maximum Gasteiger partial charge on any atom is 0.130 e. The van der Waals surface area contributed by atoms with Gasteiger partial charge in [0.05, 0.1) is 0 Å². The predicted molar refractivity (Wildman–Crippen MR) is 40.4 cm³/mol. The Labute approximate surface area is 68.8 Å². The summed E-state index contributed by atoms with van der Waals surface area (Å²) in [5, 5.41) is 0.0949. The van der Waals surface area contributed by atoms with Crippen LogP contribution in [0.25, 0.3) is 0 Å². The van der Waals surface area contributed by atoms with Crippen molar-refractivity contribution in [2.75, 3.05) is 0 Å². The Morgan fingerprint density at radius 2 is 2.00 bits per heavy atom. The van der Waals surface area contributed by atoms with Gasteiger partial charge in [-0.2, -0.15) is 0 Å². The first kappa shape index (κ1) is 8.47. The van der Waals surface area contributed by atoms with Crippen molar-refractivity contribution < 1.29 is 8.78 Å². The van der Waals surface area contributed by atoms with Gasteiger partial charge in [-0.1, -0.05) is 11.6 Å². The Morgan fingerprint density at radius 1 is 1.36 bits per heavy atom. The quantitative estimate of drug-likeness (QED) is 0.616. The zero-order valence-corrected chi connectivity index (χ0v) is 6.46. The van der Waals surface area contributed by atoms with Gasteiger partial charge in [0, 0.05) is 16.7 Å². The summed E-state index contributed by atoms with van der Waals surface area (Å²) in [7, 11) is 0. The Hall–Kier alpha value is -0.630. The molecule has 0 bridgehead atoms. The van der Waals surface area contributed by atoms with E-state index in [1.54, 1.807) is 0 Å². The fourth-order valence-corrected chi connectivity index (χ4v) is 1.10. The Balaban J connectivity index is 3.25. The lowest BCUT2D eigenvalue weighted by Gasteiger charge is -2.01. The monoisotopic (exact) mass is 175 g/mol. The number of halogens is 3. The predicted octanol–water partition coefficient (Wildman–Crippen LogP) is 2.99. The molecule has 0 aromatic heterocycles. The van der Waals surface area contributed by atoms with E-state index >= 15 is 0 Å². The minimum atomic E-state index is -0.662. The summed E-state index contributed by atoms with van der Waals surface area (Å²) >= 11 is 5.51. The average molecular weight is 176 g/mol. The molecule has 1 aromatic rings. The van der Waals surface area contributed by atoms with Gasteiger partial charge in [-0.15, -0.1) is 0 Å². The van der Waals surface area contributed by atoms with Crippen molar-refractivity contribution in [3.05, 3.63) is 41.3 Å². The highest BCUT2D eigenvalue weighted by Crippen LogP contribution is 2.20. The van der Waals surface area contributed by atoms with Crippen LogP contribution in [0.5, 0.6) is 0 Å². The minimum Gasteiger partial charge on any atom is -0.207 e. The maximum atomic E-state index is 12.7. The molecule has 0 nitrogen and oxygen atoms in total. The van der Waals surface area contributed by atoms with Crippen LogP contribution in [0.2, 0.25) is 5.02 Å². The lowest BCUT2D eigenvalue weighted by Crippen LogP contribution is -1.90. The highest BCUT2D eigenvalue weighted by Gasteiger charge is 2.06. The van der Waals surface area contributed by atoms with Gasteiger partial charge in [-0.3, -0.25) is 0 Å². The van der Waals surface area contributed by atoms with Crippen LogP contribution < -0.4 is 0 Å². The number of rotatable bonds is 1. The van der Waals surface area contributed by atoms with Gasteiger partial charge in [-0.25, -0.2) is 8.78 Å². The van der Waals surface area contributed by atoms with Gasteiger partial charge in [-0.05, 0) is 19.4 Å². The molecule has 3 heteroatoms. The second-order valence-corrected chi connectivity index (χ2v) is 2.51. The lowest BCUT2D eigenvalue weighted by molar-refractivity contribution is 0.575. The molecule has 1 radical (unpaired) electrons. The molecular formula is C8H6ClF2. The lowest BCUT2D eigenvalue weighted by atomic mass is 10.1. The highest BCUT2D eigenvalue weighted by atomic mass is 35.5. The van der Waals surface area contributed by atoms with E-state index in [0.717, 1.165) is 12.1 Å². The van der Waals surface area contributed by atoms with Gasteiger partial charge in [0.15, 0.2) is 0 Å². The summed E-state index contributed by atoms with van der Waals surface area (Å²) in [6.07, 6.45) is 0.227. The third-order valence-corrected chi connectivity index (χ3v) is 1.69. The molecule has 0 N–H and O–H groups in total. The minimum absolute atomic E-state index is 0.0949. The Kier molecular flexibility index (Phi) is 2.45. The fraction of sp³-hybridized carbons (Fsp3) is 0.125. The van der Waals surface area contributed by atoms with Crippen molar-refractivity contribution in [1.82, 2.24) is 0 Å². The van der Waals surface area contributed by atoms with Gasteiger partial charge >= 0.3 is 0 Å². The summed E-state index contributed by atoms with van der Waals surface area (Å²) in [6.45, 7) is 3.46. The molecule has 0 aliphatic rings. The van der Waals surface area contributed by atoms with Crippen molar-refractivity contribution in [3.8, 4) is 0 Å². The summed E-state index contributed by atoms with van der Waals surface area (Å²) in [5.74, 6) is -1.30. The molecule has 0 saturated carbocycles. The van der Waals surface area contributed by atoms with Crippen molar-refractivity contribution in [3.63, 3.8) is 0 Å². The van der Waals surface area contributed by atoms with Crippen LogP contribution in [0.3, 0.4) is 0 Å². The molecule has 0 spiro atoms. The molecule has 0 saturated heterocycles. The zero-order valence-electron chi connectivity index (χ0n) is 5.70. The van der Waals surface area contributed by atoms with Crippen molar-refractivity contribution in [2.45, 2.75) is 6.42 Å². The van der Waals surface area contributed by atoms with E-state index in [9.17, 15) is 8.78 Å². The summed E-state index contributed by atoms with van der Waals surface area (Å²) < 4.78 is 25.1. The molecule has 59 valence electrons. The zero-order chi connectivity index (χ0) is 8.43. The van der Waals surface area contributed by atoms with Crippen LogP contribution in [-0.4, -0.2) is 0 Å². The fourth-order valence-electron chi connectivity index (χ4n) is 0.811. The van der Waals surface area contributed by atoms with E-state index in [4.69, 9.17) is 11.6 Å². The summed E-state index contributed by atoms with van der Waals surface area (Å²) in [6, 6.07) is 1.87. The van der Waals surface area contributed by atoms with E-state index in [0.29, 0.717) is 0 Å². The third-order valence-electron chi connectivity index (χ3n) is 1.36. The van der Waals surface area contributed by atoms with Crippen LogP contribution in [0, 0.1) is 18.6 Å². The molecular weight excluding hydrogens is 170 g/mol. The molecule has 0 aliphatic heterocycles. The normalized spacial score (nSPS) is 10.2. The van der Waals surface area contributed by atoms with Crippen molar-refractivity contribution in [1.29, 1.82) is 0 Å². The number of hydrogen-bond donors (Lipinski definition) is 0. The molecule has 0 amide bonds. The van der Waals surface area contributed by atoms with Crippen LogP contribution >= 0.6 is 11.6 Å². The first-order chi connectivity index (χ1) is 5.15. The van der Waals surface area contributed by atoms with E-state index in [-0.39, 0.29) is 17.0 Å². The smallest absolute Gasteiger partial charge is 0.130 e. The van der Waals surface area contributed by atoms with E-state index in [1.165, 1.54) is 0 Å². The van der Waals surface area contributed by atoms with Gasteiger partial charge < -0.3 is 0 Å². The van der Waals surface area contributed by atoms with Gasteiger partial charge in [0.1, 0.15) is 11.6 Å². The van der Waals surface area contributed by atoms with Crippen molar-refractivity contribution >= 4 is 11.6 Å². The topological polar surface area (TPSA) is 0 Å². The number of hydrogen-bond acceptors (Lipinski definition) is 0. The Bertz CT molecular complexity index is 248. The molecule has 0 heterocycles. The maximum absolute atomic E-state index is 12.7. The molecule has 0 fully saturated rings. The molecule has 11 heavy (non-hydrogen) atoms. The van der Waals surface area contributed by atoms with E-state index in [2.05, 4.69) is 6.92 Å². The molecule has 1 aromatic carbocycles. The van der Waals surface area contributed by atoms with Crippen LogP contribution in [0.15, 0.2) is 12.1 Å². The molecule has 1 rings (SSSR count). The summed E-state index contributed by atoms with van der Waals surface area (Å²) in [4.78, 5) is 0. The largest absolute Gasteiger partial charge is 0.207 e. The standard InChI is InChI=1S/C8H6ClF2/c1-2-6-7(9)3-5(10)4-8(6)11/h3-4H,1-2H2. The molecule has 0 atom stereocenters. The Morgan fingerprint density at radius 3 is 2.45 bits per heavy atom. The molecule has 0 unspecified atom stereocenters. The second-order valence-electron chi connectivity index (χ2n) is 2.10. The van der Waals surface area contributed by atoms with Crippen LogP contribution in [-0.2, 0) is 6.42 Å². The average Bonchev–Trinajstić information content (AvgIpc) is 1.85. The van der Waals surface area contributed by atoms with Crippen LogP contribution in [0.4, 0.5) is 8.78 Å². The third kappa shape index (κ3) is 1.69. The summed E-state index contributed by atoms with van der Waals surface area (Å²) in [5.41, 5.74) is 0.257. The SMILES string of the molecule is [CH2]Cc1c(F)cc(F)cc1Cl. The second kappa shape index (κ2) is 3.18. The number of benzene rings is 1. The van der Waals surface area contributed by atoms with Gasteiger partial charge in [0.2, 0.25) is 0 Å². The van der Waals surface area contributed by atoms with E-state index < -0.39 is 11.6 Å². The first-order valence-corrected chi connectivity index (χ1v) is 3.45. The van der Waals surface area contributed by atoms with Crippen LogP contribution in [0.1, 0.15) is 5.56 Å². The van der Waals surface area contributed by atoms with E-state index in [1.807, 2.05) is 0 Å². The molecule has 0 aliphatic carbocycles. The highest BCUT2D eigenvalue weighted by molar-refractivity contribution is 6.31. The van der Waals surface area contributed by atoms with Gasteiger partial charge in [0.25, 0.3) is 0 Å². The van der Waals surface area contributed by atoms with Crippen molar-refractivity contribution in [2.24, 2.45) is 0 Å². The first-order valence-electron chi connectivity index (χ1n) is 3.08.